The maximum absolute atomic E-state index is 9.00. The van der Waals surface area contributed by atoms with Gasteiger partial charge in [-0.1, -0.05) is 25.3 Å². The van der Waals surface area contributed by atoms with Crippen LogP contribution >= 0.6 is 0 Å². The molecule has 0 amide bonds. The molecule has 16 heavy (non-hydrogen) atoms. The van der Waals surface area contributed by atoms with Crippen molar-refractivity contribution in [1.29, 1.82) is 0 Å². The highest BCUT2D eigenvalue weighted by Crippen LogP contribution is 2.33. The van der Waals surface area contributed by atoms with Gasteiger partial charge in [-0.2, -0.15) is 0 Å². The quantitative estimate of drug-likeness (QED) is 0.655. The maximum atomic E-state index is 9.00. The molecule has 0 bridgehead atoms. The average molecular weight is 226 g/mol. The van der Waals surface area contributed by atoms with E-state index in [4.69, 9.17) is 10.2 Å². The van der Waals surface area contributed by atoms with E-state index in [-0.39, 0.29) is 19.1 Å². The van der Waals surface area contributed by atoms with E-state index in [1.807, 2.05) is 6.08 Å². The van der Waals surface area contributed by atoms with Gasteiger partial charge < -0.3 is 10.2 Å². The minimum absolute atomic E-state index is 0.103. The van der Waals surface area contributed by atoms with Gasteiger partial charge in [0.15, 0.2) is 0 Å². The van der Waals surface area contributed by atoms with Crippen molar-refractivity contribution in [2.75, 3.05) is 13.2 Å². The molecular formula is C14H26O2. The highest BCUT2D eigenvalue weighted by Gasteiger charge is 2.20. The molecule has 1 fully saturated rings. The summed E-state index contributed by atoms with van der Waals surface area (Å²) in [6.45, 7) is 4.05. The molecule has 0 saturated heterocycles. The molecular weight excluding hydrogens is 200 g/mol. The second kappa shape index (κ2) is 7.86. The molecule has 1 aliphatic carbocycles. The second-order valence-electron chi connectivity index (χ2n) is 5.22. The maximum Gasteiger partial charge on any atom is 0.0481 e. The summed E-state index contributed by atoms with van der Waals surface area (Å²) in [5, 5.41) is 18.0. The zero-order valence-corrected chi connectivity index (χ0v) is 10.3. The van der Waals surface area contributed by atoms with E-state index in [1.54, 1.807) is 0 Å². The lowest BCUT2D eigenvalue weighted by Gasteiger charge is -2.28. The van der Waals surface area contributed by atoms with E-state index in [9.17, 15) is 0 Å². The van der Waals surface area contributed by atoms with Gasteiger partial charge in [-0.3, -0.25) is 0 Å². The summed E-state index contributed by atoms with van der Waals surface area (Å²) in [6, 6.07) is 0. The van der Waals surface area contributed by atoms with Crippen molar-refractivity contribution in [1.82, 2.24) is 0 Å². The number of allylic oxidation sites excluding steroid dienone is 1. The largest absolute Gasteiger partial charge is 0.396 e. The lowest BCUT2D eigenvalue weighted by Crippen LogP contribution is -2.17. The Balaban J connectivity index is 2.14. The van der Waals surface area contributed by atoms with Crippen molar-refractivity contribution < 1.29 is 10.2 Å². The van der Waals surface area contributed by atoms with Crippen molar-refractivity contribution >= 4 is 0 Å². The summed E-state index contributed by atoms with van der Waals surface area (Å²) in [4.78, 5) is 0. The molecule has 0 aromatic heterocycles. The monoisotopic (exact) mass is 226 g/mol. The molecule has 0 radical (unpaired) electrons. The number of aliphatic hydroxyl groups is 2. The van der Waals surface area contributed by atoms with E-state index >= 15 is 0 Å². The SMILES string of the molecule is C=CC[C@H]1CC[C@H](CCC(CO)CO)CC1. The van der Waals surface area contributed by atoms with Gasteiger partial charge in [0.05, 0.1) is 0 Å². The highest BCUT2D eigenvalue weighted by molar-refractivity contribution is 4.79. The third-order valence-electron chi connectivity index (χ3n) is 3.97. The number of aliphatic hydroxyl groups excluding tert-OH is 2. The first-order valence-corrected chi connectivity index (χ1v) is 6.62. The van der Waals surface area contributed by atoms with Crippen LogP contribution in [0.25, 0.3) is 0 Å². The standard InChI is InChI=1S/C14H26O2/c1-2-3-12-4-6-13(7-5-12)8-9-14(10-15)11-16/h2,12-16H,1,3-11H2/t12-,13-. The van der Waals surface area contributed by atoms with Gasteiger partial charge in [0.1, 0.15) is 0 Å². The fourth-order valence-electron chi connectivity index (χ4n) is 2.70. The fraction of sp³-hybridized carbons (Fsp3) is 0.857. The van der Waals surface area contributed by atoms with Gasteiger partial charge in [-0.05, 0) is 37.5 Å². The van der Waals surface area contributed by atoms with Crippen molar-refractivity contribution in [2.24, 2.45) is 17.8 Å². The highest BCUT2D eigenvalue weighted by atomic mass is 16.3. The summed E-state index contributed by atoms with van der Waals surface area (Å²) in [7, 11) is 0. The Labute approximate surface area is 99.4 Å². The van der Waals surface area contributed by atoms with Crippen LogP contribution in [0.5, 0.6) is 0 Å². The molecule has 0 atom stereocenters. The molecule has 94 valence electrons. The topological polar surface area (TPSA) is 40.5 Å². The lowest BCUT2D eigenvalue weighted by molar-refractivity contribution is 0.133. The van der Waals surface area contributed by atoms with Crippen molar-refractivity contribution in [3.8, 4) is 0 Å². The van der Waals surface area contributed by atoms with Crippen LogP contribution in [0.3, 0.4) is 0 Å². The fourth-order valence-corrected chi connectivity index (χ4v) is 2.70. The Bertz CT molecular complexity index is 179. The molecule has 2 heteroatoms. The normalized spacial score (nSPS) is 25.9. The molecule has 0 aromatic carbocycles. The Morgan fingerprint density at radius 1 is 1.06 bits per heavy atom. The molecule has 1 aliphatic rings. The molecule has 2 N–H and O–H groups in total. The van der Waals surface area contributed by atoms with E-state index in [0.29, 0.717) is 0 Å². The van der Waals surface area contributed by atoms with Gasteiger partial charge >= 0.3 is 0 Å². The first-order chi connectivity index (χ1) is 7.80. The van der Waals surface area contributed by atoms with Crippen molar-refractivity contribution in [2.45, 2.75) is 44.9 Å². The van der Waals surface area contributed by atoms with Crippen molar-refractivity contribution in [3.63, 3.8) is 0 Å². The van der Waals surface area contributed by atoms with Crippen LogP contribution in [0.1, 0.15) is 44.9 Å². The van der Waals surface area contributed by atoms with Gasteiger partial charge in [0, 0.05) is 19.1 Å². The molecule has 2 nitrogen and oxygen atoms in total. The number of hydrogen-bond acceptors (Lipinski definition) is 2. The van der Waals surface area contributed by atoms with Crippen LogP contribution < -0.4 is 0 Å². The Kier molecular flexibility index (Phi) is 6.74. The molecule has 0 aliphatic heterocycles. The predicted molar refractivity (Wildman–Crippen MR) is 67.2 cm³/mol. The van der Waals surface area contributed by atoms with E-state index in [0.717, 1.165) is 18.3 Å². The summed E-state index contributed by atoms with van der Waals surface area (Å²) in [5.41, 5.74) is 0. The minimum Gasteiger partial charge on any atom is -0.396 e. The molecule has 1 saturated carbocycles. The Morgan fingerprint density at radius 3 is 2.12 bits per heavy atom. The van der Waals surface area contributed by atoms with Crippen molar-refractivity contribution in [3.05, 3.63) is 12.7 Å². The first kappa shape index (κ1) is 13.7. The zero-order valence-electron chi connectivity index (χ0n) is 10.3. The van der Waals surface area contributed by atoms with Gasteiger partial charge in [0.2, 0.25) is 0 Å². The molecule has 0 aromatic rings. The zero-order chi connectivity index (χ0) is 11.8. The third-order valence-corrected chi connectivity index (χ3v) is 3.97. The third kappa shape index (κ3) is 4.67. The van der Waals surface area contributed by atoms with Crippen LogP contribution in [0.4, 0.5) is 0 Å². The van der Waals surface area contributed by atoms with Crippen LogP contribution in [0, 0.1) is 17.8 Å². The molecule has 1 rings (SSSR count). The lowest BCUT2D eigenvalue weighted by atomic mass is 9.78. The predicted octanol–water partition coefficient (Wildman–Crippen LogP) is 2.75. The summed E-state index contributed by atoms with van der Waals surface area (Å²) >= 11 is 0. The number of rotatable bonds is 7. The summed E-state index contributed by atoms with van der Waals surface area (Å²) < 4.78 is 0. The summed E-state index contributed by atoms with van der Waals surface area (Å²) in [6.07, 6.45) is 10.7. The second-order valence-corrected chi connectivity index (χ2v) is 5.22. The molecule has 0 unspecified atom stereocenters. The van der Waals surface area contributed by atoms with Crippen LogP contribution in [0.2, 0.25) is 0 Å². The van der Waals surface area contributed by atoms with E-state index in [1.165, 1.54) is 38.5 Å². The van der Waals surface area contributed by atoms with Crippen LogP contribution in [-0.2, 0) is 0 Å². The number of hydrogen-bond donors (Lipinski definition) is 2. The van der Waals surface area contributed by atoms with Crippen LogP contribution in [0.15, 0.2) is 12.7 Å². The van der Waals surface area contributed by atoms with Gasteiger partial charge in [-0.25, -0.2) is 0 Å². The van der Waals surface area contributed by atoms with Crippen LogP contribution in [-0.4, -0.2) is 23.4 Å². The smallest absolute Gasteiger partial charge is 0.0481 e. The molecule has 0 spiro atoms. The Hall–Kier alpha value is -0.340. The summed E-state index contributed by atoms with van der Waals surface area (Å²) in [5.74, 6) is 1.78. The van der Waals surface area contributed by atoms with Gasteiger partial charge in [0.25, 0.3) is 0 Å². The van der Waals surface area contributed by atoms with E-state index < -0.39 is 0 Å². The first-order valence-electron chi connectivity index (χ1n) is 6.62. The van der Waals surface area contributed by atoms with E-state index in [2.05, 4.69) is 6.58 Å². The Morgan fingerprint density at radius 2 is 1.62 bits per heavy atom. The van der Waals surface area contributed by atoms with Gasteiger partial charge in [-0.15, -0.1) is 6.58 Å². The average Bonchev–Trinajstić information content (AvgIpc) is 2.33. The minimum atomic E-state index is 0.103. The molecule has 0 heterocycles.